The number of aromatic nitrogens is 3. The van der Waals surface area contributed by atoms with Crippen LogP contribution in [0.15, 0.2) is 24.3 Å². The smallest absolute Gasteiger partial charge is 0.153 e. The second kappa shape index (κ2) is 6.74. The Morgan fingerprint density at radius 3 is 2.57 bits per heavy atom. The third-order valence-electron chi connectivity index (χ3n) is 4.33. The molecule has 4 nitrogen and oxygen atoms in total. The first-order valence-corrected chi connectivity index (χ1v) is 7.89. The molecule has 0 atom stereocenters. The van der Waals surface area contributed by atoms with Crippen molar-refractivity contribution in [3.05, 3.63) is 41.5 Å². The number of nitrogens with one attached hydrogen (secondary N) is 1. The maximum atomic E-state index is 5.17. The van der Waals surface area contributed by atoms with Crippen molar-refractivity contribution >= 4 is 0 Å². The molecule has 0 unspecified atom stereocenters. The second-order valence-corrected chi connectivity index (χ2v) is 5.82. The van der Waals surface area contributed by atoms with Gasteiger partial charge in [-0.2, -0.15) is 5.10 Å². The lowest BCUT2D eigenvalue weighted by atomic mass is 9.89. The number of hydrogen-bond acceptors (Lipinski definition) is 3. The quantitative estimate of drug-likeness (QED) is 0.912. The zero-order valence-electron chi connectivity index (χ0n) is 12.6. The van der Waals surface area contributed by atoms with Gasteiger partial charge in [-0.15, -0.1) is 0 Å². The Morgan fingerprint density at radius 2 is 1.86 bits per heavy atom. The molecule has 3 rings (SSSR count). The molecule has 21 heavy (non-hydrogen) atoms. The fourth-order valence-corrected chi connectivity index (χ4v) is 3.02. The van der Waals surface area contributed by atoms with E-state index < -0.39 is 0 Å². The van der Waals surface area contributed by atoms with Gasteiger partial charge in [-0.3, -0.25) is 5.10 Å². The van der Waals surface area contributed by atoms with E-state index in [1.165, 1.54) is 37.7 Å². The minimum absolute atomic E-state index is 0.574. The molecular formula is C17H23N3O. The van der Waals surface area contributed by atoms with E-state index in [2.05, 4.69) is 22.3 Å². The van der Waals surface area contributed by atoms with Crippen LogP contribution in [0.5, 0.6) is 5.75 Å². The van der Waals surface area contributed by atoms with Crippen molar-refractivity contribution < 1.29 is 4.74 Å². The van der Waals surface area contributed by atoms with Crippen molar-refractivity contribution in [1.82, 2.24) is 15.2 Å². The average Bonchev–Trinajstić information content (AvgIpc) is 3.03. The zero-order chi connectivity index (χ0) is 14.5. The molecule has 0 radical (unpaired) electrons. The molecule has 1 aromatic heterocycles. The van der Waals surface area contributed by atoms with Crippen LogP contribution in [-0.2, 0) is 12.8 Å². The van der Waals surface area contributed by atoms with Crippen LogP contribution in [0.25, 0.3) is 0 Å². The van der Waals surface area contributed by atoms with E-state index in [1.807, 2.05) is 12.1 Å². The molecule has 1 aliphatic rings. The van der Waals surface area contributed by atoms with Crippen LogP contribution >= 0.6 is 0 Å². The van der Waals surface area contributed by atoms with E-state index in [0.29, 0.717) is 5.92 Å². The average molecular weight is 285 g/mol. The topological polar surface area (TPSA) is 50.8 Å². The number of aryl methyl sites for hydroxylation is 2. The molecule has 0 bridgehead atoms. The second-order valence-electron chi connectivity index (χ2n) is 5.82. The van der Waals surface area contributed by atoms with Crippen molar-refractivity contribution in [2.75, 3.05) is 7.11 Å². The fraction of sp³-hybridized carbons (Fsp3) is 0.529. The van der Waals surface area contributed by atoms with E-state index in [1.54, 1.807) is 7.11 Å². The molecule has 2 aromatic rings. The van der Waals surface area contributed by atoms with Crippen LogP contribution in [0.3, 0.4) is 0 Å². The van der Waals surface area contributed by atoms with Crippen LogP contribution in [0.1, 0.15) is 55.2 Å². The fourth-order valence-electron chi connectivity index (χ4n) is 3.02. The lowest BCUT2D eigenvalue weighted by molar-refractivity contribution is 0.414. The van der Waals surface area contributed by atoms with E-state index in [4.69, 9.17) is 9.72 Å². The van der Waals surface area contributed by atoms with E-state index >= 15 is 0 Å². The lowest BCUT2D eigenvalue weighted by Gasteiger charge is -2.18. The van der Waals surface area contributed by atoms with Gasteiger partial charge in [0.2, 0.25) is 0 Å². The highest BCUT2D eigenvalue weighted by Crippen LogP contribution is 2.30. The number of hydrogen-bond donors (Lipinski definition) is 1. The summed E-state index contributed by atoms with van der Waals surface area (Å²) in [5.74, 6) is 3.51. The number of aromatic amines is 1. The molecule has 1 saturated carbocycles. The van der Waals surface area contributed by atoms with Crippen LogP contribution in [0.4, 0.5) is 0 Å². The summed E-state index contributed by atoms with van der Waals surface area (Å²) in [6, 6.07) is 8.22. The molecule has 1 aromatic carbocycles. The van der Waals surface area contributed by atoms with Crippen molar-refractivity contribution in [2.24, 2.45) is 0 Å². The molecule has 112 valence electrons. The number of nitrogens with zero attached hydrogens (tertiary/aromatic N) is 2. The molecule has 0 spiro atoms. The SMILES string of the molecule is COc1ccc(CCc2nc(C3CCCCC3)n[nH]2)cc1. The Kier molecular flexibility index (Phi) is 4.53. The number of methoxy groups -OCH3 is 1. The first-order chi connectivity index (χ1) is 10.3. The van der Waals surface area contributed by atoms with Crippen LogP contribution in [-0.4, -0.2) is 22.3 Å². The predicted molar refractivity (Wildman–Crippen MR) is 82.6 cm³/mol. The highest BCUT2D eigenvalue weighted by molar-refractivity contribution is 5.27. The van der Waals surface area contributed by atoms with Gasteiger partial charge in [0.15, 0.2) is 5.82 Å². The minimum atomic E-state index is 0.574. The van der Waals surface area contributed by atoms with Gasteiger partial charge in [-0.1, -0.05) is 31.4 Å². The maximum Gasteiger partial charge on any atom is 0.153 e. The van der Waals surface area contributed by atoms with Gasteiger partial charge in [0.25, 0.3) is 0 Å². The third-order valence-corrected chi connectivity index (χ3v) is 4.33. The maximum absolute atomic E-state index is 5.17. The predicted octanol–water partition coefficient (Wildman–Crippen LogP) is 3.65. The van der Waals surface area contributed by atoms with Gasteiger partial charge in [0, 0.05) is 12.3 Å². The van der Waals surface area contributed by atoms with E-state index in [-0.39, 0.29) is 0 Å². The largest absolute Gasteiger partial charge is 0.497 e. The van der Waals surface area contributed by atoms with Crippen LogP contribution in [0, 0.1) is 0 Å². The molecule has 1 aliphatic carbocycles. The molecule has 0 amide bonds. The first kappa shape index (κ1) is 14.1. The summed E-state index contributed by atoms with van der Waals surface area (Å²) in [7, 11) is 1.69. The van der Waals surface area contributed by atoms with Gasteiger partial charge in [0.1, 0.15) is 11.6 Å². The molecule has 1 fully saturated rings. The minimum Gasteiger partial charge on any atom is -0.497 e. The summed E-state index contributed by atoms with van der Waals surface area (Å²) in [6.07, 6.45) is 8.38. The van der Waals surface area contributed by atoms with Crippen molar-refractivity contribution in [3.8, 4) is 5.75 Å². The highest BCUT2D eigenvalue weighted by Gasteiger charge is 2.19. The molecule has 0 saturated heterocycles. The molecule has 0 aliphatic heterocycles. The van der Waals surface area contributed by atoms with Gasteiger partial charge in [-0.05, 0) is 37.0 Å². The zero-order valence-corrected chi connectivity index (χ0v) is 12.6. The molecule has 4 heteroatoms. The van der Waals surface area contributed by atoms with Crippen molar-refractivity contribution in [2.45, 2.75) is 50.9 Å². The third kappa shape index (κ3) is 3.63. The molecule has 1 N–H and O–H groups in total. The Hall–Kier alpha value is -1.84. The summed E-state index contributed by atoms with van der Waals surface area (Å²) in [6.45, 7) is 0. The number of H-pyrrole nitrogens is 1. The van der Waals surface area contributed by atoms with Crippen LogP contribution < -0.4 is 4.74 Å². The van der Waals surface area contributed by atoms with Gasteiger partial charge in [0.05, 0.1) is 7.11 Å². The first-order valence-electron chi connectivity index (χ1n) is 7.89. The molecular weight excluding hydrogens is 262 g/mol. The van der Waals surface area contributed by atoms with Gasteiger partial charge < -0.3 is 4.74 Å². The highest BCUT2D eigenvalue weighted by atomic mass is 16.5. The Balaban J connectivity index is 1.56. The number of benzene rings is 1. The number of ether oxygens (including phenoxy) is 1. The van der Waals surface area contributed by atoms with Crippen molar-refractivity contribution in [3.63, 3.8) is 0 Å². The van der Waals surface area contributed by atoms with Gasteiger partial charge in [-0.25, -0.2) is 4.98 Å². The lowest BCUT2D eigenvalue weighted by Crippen LogP contribution is -2.06. The van der Waals surface area contributed by atoms with E-state index in [9.17, 15) is 0 Å². The summed E-state index contributed by atoms with van der Waals surface area (Å²) < 4.78 is 5.17. The van der Waals surface area contributed by atoms with E-state index in [0.717, 1.165) is 30.2 Å². The summed E-state index contributed by atoms with van der Waals surface area (Å²) >= 11 is 0. The van der Waals surface area contributed by atoms with Gasteiger partial charge >= 0.3 is 0 Å². The normalized spacial score (nSPS) is 16.0. The Morgan fingerprint density at radius 1 is 1.10 bits per heavy atom. The number of rotatable bonds is 5. The monoisotopic (exact) mass is 285 g/mol. The summed E-state index contributed by atoms with van der Waals surface area (Å²) in [5.41, 5.74) is 1.30. The molecule has 1 heterocycles. The van der Waals surface area contributed by atoms with Crippen LogP contribution in [0.2, 0.25) is 0 Å². The summed E-state index contributed by atoms with van der Waals surface area (Å²) in [4.78, 5) is 4.69. The Bertz CT molecular complexity index is 556. The Labute approximate surface area is 125 Å². The summed E-state index contributed by atoms with van der Waals surface area (Å²) in [5, 5.41) is 7.53. The van der Waals surface area contributed by atoms with Crippen molar-refractivity contribution in [1.29, 1.82) is 0 Å². The standard InChI is InChI=1S/C17H23N3O/c1-21-15-10-7-13(8-11-15)9-12-16-18-17(20-19-16)14-5-3-2-4-6-14/h7-8,10-11,14H,2-6,9,12H2,1H3,(H,18,19,20).